The fourth-order valence-electron chi connectivity index (χ4n) is 4.23. The van der Waals surface area contributed by atoms with Gasteiger partial charge in [-0.15, -0.1) is 0 Å². The van der Waals surface area contributed by atoms with Crippen LogP contribution in [0.25, 0.3) is 0 Å². The van der Waals surface area contributed by atoms with Crippen LogP contribution in [0.5, 0.6) is 0 Å². The summed E-state index contributed by atoms with van der Waals surface area (Å²) in [6.07, 6.45) is 0. The van der Waals surface area contributed by atoms with Crippen molar-refractivity contribution >= 4 is 25.2 Å². The zero-order chi connectivity index (χ0) is 17.5. The van der Waals surface area contributed by atoms with E-state index in [0.717, 1.165) is 0 Å². The Labute approximate surface area is 137 Å². The third-order valence-corrected chi connectivity index (χ3v) is 14.2. The molecule has 0 bridgehead atoms. The van der Waals surface area contributed by atoms with E-state index in [0.29, 0.717) is 5.54 Å². The van der Waals surface area contributed by atoms with E-state index in [-0.39, 0.29) is 10.8 Å². The Morgan fingerprint density at radius 2 is 0.810 bits per heavy atom. The molecule has 5 heteroatoms. The van der Waals surface area contributed by atoms with Crippen molar-refractivity contribution in [2.45, 2.75) is 92.9 Å². The van der Waals surface area contributed by atoms with Crippen LogP contribution in [0.1, 0.15) is 41.5 Å². The number of rotatable bonds is 5. The summed E-state index contributed by atoms with van der Waals surface area (Å²) in [7, 11) is -5.60. The average molecular weight is 349 g/mol. The van der Waals surface area contributed by atoms with Gasteiger partial charge in [-0.25, -0.2) is 0 Å². The minimum absolute atomic E-state index is 0.179. The maximum absolute atomic E-state index is 6.81. The minimum atomic E-state index is -2.30. The Balaban J connectivity index is 5.95. The molecule has 0 aliphatic rings. The van der Waals surface area contributed by atoms with E-state index in [2.05, 4.69) is 87.4 Å². The third kappa shape index (κ3) is 7.59. The normalized spacial score (nSPS) is 15.7. The topological polar surface area (TPSA) is 18.5 Å². The molecule has 2 nitrogen and oxygen atoms in total. The monoisotopic (exact) mass is 348 g/mol. The fourth-order valence-corrected chi connectivity index (χ4v) is 18.6. The van der Waals surface area contributed by atoms with Gasteiger partial charge in [0.1, 0.15) is 0 Å². The highest BCUT2D eigenvalue weighted by Crippen LogP contribution is 2.52. The molecule has 21 heavy (non-hydrogen) atoms. The molecule has 0 rings (SSSR count). The minimum Gasteiger partial charge on any atom is -0.436 e. The van der Waals surface area contributed by atoms with E-state index < -0.39 is 25.2 Å². The number of hydrogen-bond donors (Lipinski definition) is 0. The molecule has 0 saturated heterocycles. The largest absolute Gasteiger partial charge is 0.436 e. The lowest BCUT2D eigenvalue weighted by Crippen LogP contribution is -2.60. The molecule has 0 aromatic rings. The van der Waals surface area contributed by atoms with E-state index in [4.69, 9.17) is 8.23 Å². The Morgan fingerprint density at radius 1 is 0.571 bits per heavy atom. The molecule has 0 saturated carbocycles. The van der Waals surface area contributed by atoms with Crippen LogP contribution in [0.3, 0.4) is 0 Å². The molecule has 0 N–H and O–H groups in total. The van der Waals surface area contributed by atoms with Crippen molar-refractivity contribution in [2.75, 3.05) is 0 Å². The van der Waals surface area contributed by atoms with E-state index in [1.165, 1.54) is 0 Å². The smallest absolute Gasteiger partial charge is 0.318 e. The molecule has 0 aromatic carbocycles. The van der Waals surface area contributed by atoms with Gasteiger partial charge in [-0.1, -0.05) is 41.5 Å². The summed E-state index contributed by atoms with van der Waals surface area (Å²) < 4.78 is 13.6. The predicted octanol–water partition coefficient (Wildman–Crippen LogP) is 6.22. The first-order valence-electron chi connectivity index (χ1n) is 8.18. The van der Waals surface area contributed by atoms with Gasteiger partial charge in [-0.05, 0) is 56.7 Å². The molecule has 0 atom stereocenters. The van der Waals surface area contributed by atoms with Crippen molar-refractivity contribution in [1.29, 1.82) is 0 Å². The zero-order valence-electron chi connectivity index (χ0n) is 16.9. The molecule has 0 radical (unpaired) electrons. The van der Waals surface area contributed by atoms with Gasteiger partial charge < -0.3 is 8.23 Å². The maximum atomic E-state index is 6.81. The van der Waals surface area contributed by atoms with Crippen LogP contribution in [0.2, 0.25) is 51.4 Å². The molecule has 0 spiro atoms. The first kappa shape index (κ1) is 21.6. The average Bonchev–Trinajstić information content (AvgIpc) is 1.83. The molecule has 0 fully saturated rings. The molecule has 128 valence electrons. The second-order valence-corrected chi connectivity index (χ2v) is 23.3. The Morgan fingerprint density at radius 3 is 0.952 bits per heavy atom. The van der Waals surface area contributed by atoms with Crippen LogP contribution >= 0.6 is 0 Å². The lowest BCUT2D eigenvalue weighted by Gasteiger charge is -2.52. The van der Waals surface area contributed by atoms with E-state index in [1.807, 2.05) is 0 Å². The van der Waals surface area contributed by atoms with Crippen LogP contribution in [-0.2, 0) is 8.23 Å². The van der Waals surface area contributed by atoms with Gasteiger partial charge in [0.15, 0.2) is 16.6 Å². The van der Waals surface area contributed by atoms with Crippen molar-refractivity contribution in [3.63, 3.8) is 0 Å². The maximum Gasteiger partial charge on any atom is 0.318 e. The molecule has 0 aromatic heterocycles. The SMILES string of the molecule is CC(C)(C)C(C(C)(C)C)[Si](C)(O[Si](C)(C)C)O[Si](C)(C)C. The summed E-state index contributed by atoms with van der Waals surface area (Å²) in [5.74, 6) is 0. The summed E-state index contributed by atoms with van der Waals surface area (Å²) in [5.41, 5.74) is 0.813. The van der Waals surface area contributed by atoms with Gasteiger partial charge in [0.25, 0.3) is 0 Å². The van der Waals surface area contributed by atoms with Crippen LogP contribution in [0.15, 0.2) is 0 Å². The first-order valence-corrected chi connectivity index (χ1v) is 17.4. The van der Waals surface area contributed by atoms with Crippen molar-refractivity contribution in [2.24, 2.45) is 10.8 Å². The Hall–Kier alpha value is 0.571. The van der Waals surface area contributed by atoms with Gasteiger partial charge in [0.2, 0.25) is 0 Å². The molecule has 0 aliphatic heterocycles. The standard InChI is InChI=1S/C16H40O2Si3/c1-15(2,3)14(16(4,5)6)21(13,17-19(7,8)9)18-20(10,11)12/h14H,1-13H3. The second-order valence-electron chi connectivity index (χ2n) is 10.6. The van der Waals surface area contributed by atoms with Crippen LogP contribution in [-0.4, -0.2) is 25.2 Å². The summed E-state index contributed by atoms with van der Waals surface area (Å²) in [6, 6.07) is 0. The van der Waals surface area contributed by atoms with E-state index in [9.17, 15) is 0 Å². The molecular formula is C16H40O2Si3. The van der Waals surface area contributed by atoms with Crippen molar-refractivity contribution in [3.05, 3.63) is 0 Å². The van der Waals surface area contributed by atoms with E-state index >= 15 is 0 Å². The van der Waals surface area contributed by atoms with Crippen molar-refractivity contribution in [1.82, 2.24) is 0 Å². The van der Waals surface area contributed by atoms with Crippen LogP contribution in [0.4, 0.5) is 0 Å². The quantitative estimate of drug-likeness (QED) is 0.549. The van der Waals surface area contributed by atoms with Gasteiger partial charge in [0, 0.05) is 5.54 Å². The highest BCUT2D eigenvalue weighted by Gasteiger charge is 2.55. The summed E-state index contributed by atoms with van der Waals surface area (Å²) >= 11 is 0. The lowest BCUT2D eigenvalue weighted by molar-refractivity contribution is 0.179. The Bertz CT molecular complexity index is 310. The highest BCUT2D eigenvalue weighted by molar-refractivity contribution is 6.88. The molecule has 0 heterocycles. The summed E-state index contributed by atoms with van der Waals surface area (Å²) in [6.45, 7) is 30.1. The molecule has 0 aliphatic carbocycles. The Kier molecular flexibility index (Phi) is 6.40. The highest BCUT2D eigenvalue weighted by atomic mass is 28.5. The van der Waals surface area contributed by atoms with Gasteiger partial charge in [-0.3, -0.25) is 0 Å². The lowest BCUT2D eigenvalue weighted by atomic mass is 9.77. The molecule has 0 amide bonds. The zero-order valence-corrected chi connectivity index (χ0v) is 19.9. The second kappa shape index (κ2) is 6.23. The van der Waals surface area contributed by atoms with Gasteiger partial charge in [0.05, 0.1) is 0 Å². The number of hydrogen-bond acceptors (Lipinski definition) is 2. The molecule has 0 unspecified atom stereocenters. The van der Waals surface area contributed by atoms with E-state index in [1.54, 1.807) is 0 Å². The van der Waals surface area contributed by atoms with Crippen molar-refractivity contribution in [3.8, 4) is 0 Å². The van der Waals surface area contributed by atoms with Crippen molar-refractivity contribution < 1.29 is 8.23 Å². The fraction of sp³-hybridized carbons (Fsp3) is 1.00. The predicted molar refractivity (Wildman–Crippen MR) is 103 cm³/mol. The van der Waals surface area contributed by atoms with Gasteiger partial charge in [-0.2, -0.15) is 0 Å². The summed E-state index contributed by atoms with van der Waals surface area (Å²) in [5, 5.41) is 0. The van der Waals surface area contributed by atoms with Crippen LogP contribution in [0, 0.1) is 10.8 Å². The summed E-state index contributed by atoms with van der Waals surface area (Å²) in [4.78, 5) is 0. The van der Waals surface area contributed by atoms with Gasteiger partial charge >= 0.3 is 8.56 Å². The molecular weight excluding hydrogens is 308 g/mol. The van der Waals surface area contributed by atoms with Crippen LogP contribution < -0.4 is 0 Å². The third-order valence-electron chi connectivity index (χ3n) is 3.27. The first-order chi connectivity index (χ1) is 8.78.